The molecule has 2 aromatic rings. The van der Waals surface area contributed by atoms with Crippen LogP contribution in [0.5, 0.6) is 11.5 Å². The SMILES string of the molecule is COc1ccc(C2(C3C=N3)CCCC(c3nc(C)no3)C2)cc1OC1CCCC1. The van der Waals surface area contributed by atoms with Gasteiger partial charge in [0.1, 0.15) is 0 Å². The number of rotatable bonds is 6. The van der Waals surface area contributed by atoms with E-state index < -0.39 is 0 Å². The zero-order chi connectivity index (χ0) is 19.8. The fraction of sp³-hybridized carbons (Fsp3) is 0.609. The van der Waals surface area contributed by atoms with E-state index in [2.05, 4.69) is 39.5 Å². The summed E-state index contributed by atoms with van der Waals surface area (Å²) in [6.45, 7) is 1.88. The number of ether oxygens (including phenoxy) is 2. The van der Waals surface area contributed by atoms with Crippen molar-refractivity contribution in [2.45, 2.75) is 81.8 Å². The van der Waals surface area contributed by atoms with Crippen LogP contribution < -0.4 is 9.47 Å². The molecule has 6 heteroatoms. The quantitative estimate of drug-likeness (QED) is 0.705. The number of hydrogen-bond acceptors (Lipinski definition) is 6. The average Bonchev–Trinajstić information content (AvgIpc) is 3.32. The number of nitrogens with zero attached hydrogens (tertiary/aromatic N) is 3. The molecule has 0 amide bonds. The molecule has 1 aliphatic heterocycles. The Balaban J connectivity index is 1.47. The van der Waals surface area contributed by atoms with Gasteiger partial charge in [0, 0.05) is 17.5 Å². The lowest BCUT2D eigenvalue weighted by Crippen LogP contribution is -2.38. The highest BCUT2D eigenvalue weighted by atomic mass is 16.5. The summed E-state index contributed by atoms with van der Waals surface area (Å²) in [7, 11) is 1.71. The standard InChI is InChI=1S/C23H29N3O3/c1-15-25-22(29-26-15)16-6-5-11-23(13-16,21-14-24-21)17-9-10-19(27-2)20(12-17)28-18-7-3-4-8-18/h9-10,12,14,16,18,21H,3-8,11,13H2,1-2H3. The molecular weight excluding hydrogens is 366 g/mol. The summed E-state index contributed by atoms with van der Waals surface area (Å²) >= 11 is 0. The van der Waals surface area contributed by atoms with E-state index in [4.69, 9.17) is 14.0 Å². The molecule has 5 rings (SSSR count). The fourth-order valence-corrected chi connectivity index (χ4v) is 5.29. The first-order valence-electron chi connectivity index (χ1n) is 10.9. The zero-order valence-corrected chi connectivity index (χ0v) is 17.3. The van der Waals surface area contributed by atoms with Gasteiger partial charge in [0.25, 0.3) is 0 Å². The molecule has 0 N–H and O–H groups in total. The Morgan fingerprint density at radius 3 is 2.62 bits per heavy atom. The molecule has 0 spiro atoms. The molecule has 154 valence electrons. The molecule has 0 saturated heterocycles. The third-order valence-electron chi connectivity index (χ3n) is 6.88. The first-order chi connectivity index (χ1) is 14.2. The molecule has 0 bridgehead atoms. The van der Waals surface area contributed by atoms with Crippen LogP contribution in [0.1, 0.15) is 74.6 Å². The number of aliphatic imine (C=N–C) groups is 1. The molecule has 3 atom stereocenters. The van der Waals surface area contributed by atoms with E-state index in [-0.39, 0.29) is 17.4 Å². The minimum Gasteiger partial charge on any atom is -0.493 e. The van der Waals surface area contributed by atoms with Gasteiger partial charge in [-0.05, 0) is 69.6 Å². The van der Waals surface area contributed by atoms with Gasteiger partial charge in [-0.15, -0.1) is 0 Å². The molecule has 2 fully saturated rings. The van der Waals surface area contributed by atoms with Crippen LogP contribution in [0.2, 0.25) is 0 Å². The predicted molar refractivity (Wildman–Crippen MR) is 110 cm³/mol. The normalized spacial score (nSPS) is 29.2. The van der Waals surface area contributed by atoms with E-state index in [1.807, 2.05) is 6.92 Å². The second-order valence-electron chi connectivity index (χ2n) is 8.76. The van der Waals surface area contributed by atoms with Gasteiger partial charge in [-0.2, -0.15) is 4.98 Å². The van der Waals surface area contributed by atoms with E-state index in [9.17, 15) is 0 Å². The average molecular weight is 396 g/mol. The number of hydrogen-bond donors (Lipinski definition) is 0. The van der Waals surface area contributed by atoms with Crippen molar-refractivity contribution in [2.75, 3.05) is 7.11 Å². The van der Waals surface area contributed by atoms with E-state index in [0.29, 0.717) is 11.9 Å². The van der Waals surface area contributed by atoms with E-state index in [0.717, 1.165) is 55.9 Å². The second kappa shape index (κ2) is 7.47. The van der Waals surface area contributed by atoms with E-state index in [1.165, 1.54) is 18.4 Å². The van der Waals surface area contributed by atoms with Gasteiger partial charge >= 0.3 is 0 Å². The molecule has 2 aliphatic carbocycles. The molecule has 6 nitrogen and oxygen atoms in total. The Morgan fingerprint density at radius 1 is 1.10 bits per heavy atom. The maximum absolute atomic E-state index is 6.38. The third kappa shape index (κ3) is 3.53. The first-order valence-corrected chi connectivity index (χ1v) is 10.9. The topological polar surface area (TPSA) is 69.7 Å². The van der Waals surface area contributed by atoms with Crippen molar-refractivity contribution in [3.63, 3.8) is 0 Å². The Bertz CT molecular complexity index is 897. The van der Waals surface area contributed by atoms with Gasteiger partial charge in [0.2, 0.25) is 5.89 Å². The number of methoxy groups -OCH3 is 1. The molecule has 3 unspecified atom stereocenters. The first kappa shape index (κ1) is 18.6. The van der Waals surface area contributed by atoms with Crippen LogP contribution in [0.4, 0.5) is 0 Å². The largest absolute Gasteiger partial charge is 0.493 e. The third-order valence-corrected chi connectivity index (χ3v) is 6.88. The second-order valence-corrected chi connectivity index (χ2v) is 8.76. The molecular formula is C23H29N3O3. The van der Waals surface area contributed by atoms with Gasteiger partial charge in [0.05, 0.1) is 19.3 Å². The van der Waals surface area contributed by atoms with Crippen LogP contribution in [-0.4, -0.2) is 35.6 Å². The smallest absolute Gasteiger partial charge is 0.229 e. The van der Waals surface area contributed by atoms with Crippen LogP contribution in [0.15, 0.2) is 27.7 Å². The van der Waals surface area contributed by atoms with Gasteiger partial charge in [-0.1, -0.05) is 17.6 Å². The number of benzene rings is 1. The lowest BCUT2D eigenvalue weighted by atomic mass is 9.63. The molecule has 3 aliphatic rings. The van der Waals surface area contributed by atoms with Crippen molar-refractivity contribution in [3.05, 3.63) is 35.5 Å². The summed E-state index contributed by atoms with van der Waals surface area (Å²) in [5, 5.41) is 4.01. The minimum atomic E-state index is -0.0364. The Hall–Kier alpha value is -2.37. The van der Waals surface area contributed by atoms with Gasteiger partial charge in [-0.25, -0.2) is 0 Å². The lowest BCUT2D eigenvalue weighted by molar-refractivity contribution is 0.198. The van der Waals surface area contributed by atoms with Crippen molar-refractivity contribution in [1.82, 2.24) is 10.1 Å². The highest BCUT2D eigenvalue weighted by Crippen LogP contribution is 2.51. The van der Waals surface area contributed by atoms with Crippen LogP contribution >= 0.6 is 0 Å². The summed E-state index contributed by atoms with van der Waals surface area (Å²) in [5.74, 6) is 3.43. The maximum Gasteiger partial charge on any atom is 0.229 e. The summed E-state index contributed by atoms with van der Waals surface area (Å²) in [6, 6.07) is 6.72. The highest BCUT2D eigenvalue weighted by molar-refractivity contribution is 5.81. The number of aryl methyl sites for hydroxylation is 1. The molecule has 2 heterocycles. The predicted octanol–water partition coefficient (Wildman–Crippen LogP) is 4.76. The van der Waals surface area contributed by atoms with Crippen LogP contribution in [-0.2, 0) is 5.41 Å². The molecule has 2 saturated carbocycles. The van der Waals surface area contributed by atoms with Gasteiger partial charge in [-0.3, -0.25) is 4.99 Å². The summed E-state index contributed by atoms with van der Waals surface area (Å²) in [4.78, 5) is 9.14. The Labute approximate surface area is 171 Å². The van der Waals surface area contributed by atoms with Crippen molar-refractivity contribution in [1.29, 1.82) is 0 Å². The molecule has 1 aromatic heterocycles. The van der Waals surface area contributed by atoms with Crippen molar-refractivity contribution in [2.24, 2.45) is 4.99 Å². The molecule has 1 aromatic carbocycles. The highest BCUT2D eigenvalue weighted by Gasteiger charge is 2.48. The van der Waals surface area contributed by atoms with Crippen molar-refractivity contribution < 1.29 is 14.0 Å². The summed E-state index contributed by atoms with van der Waals surface area (Å²) in [6.07, 6.45) is 11.4. The lowest BCUT2D eigenvalue weighted by Gasteiger charge is -2.40. The van der Waals surface area contributed by atoms with Crippen molar-refractivity contribution in [3.8, 4) is 11.5 Å². The molecule has 29 heavy (non-hydrogen) atoms. The Kier molecular flexibility index (Phi) is 4.80. The minimum absolute atomic E-state index is 0.0364. The number of aromatic nitrogens is 2. The monoisotopic (exact) mass is 395 g/mol. The zero-order valence-electron chi connectivity index (χ0n) is 17.3. The van der Waals surface area contributed by atoms with Crippen molar-refractivity contribution >= 4 is 6.21 Å². The van der Waals surface area contributed by atoms with Crippen LogP contribution in [0, 0.1) is 6.92 Å². The summed E-state index contributed by atoms with van der Waals surface area (Å²) < 4.78 is 17.5. The van der Waals surface area contributed by atoms with Crippen LogP contribution in [0.25, 0.3) is 0 Å². The van der Waals surface area contributed by atoms with E-state index >= 15 is 0 Å². The van der Waals surface area contributed by atoms with Gasteiger partial charge in [0.15, 0.2) is 17.3 Å². The molecule has 0 radical (unpaired) electrons. The van der Waals surface area contributed by atoms with E-state index in [1.54, 1.807) is 7.11 Å². The Morgan fingerprint density at radius 2 is 1.93 bits per heavy atom. The van der Waals surface area contributed by atoms with Gasteiger partial charge < -0.3 is 14.0 Å². The summed E-state index contributed by atoms with van der Waals surface area (Å²) in [5.41, 5.74) is 1.25. The van der Waals surface area contributed by atoms with Crippen LogP contribution in [0.3, 0.4) is 0 Å². The fourth-order valence-electron chi connectivity index (χ4n) is 5.29. The maximum atomic E-state index is 6.38.